The lowest BCUT2D eigenvalue weighted by Crippen LogP contribution is -2.19. The molecule has 0 aliphatic carbocycles. The van der Waals surface area contributed by atoms with E-state index in [-0.39, 0.29) is 19.0 Å². The largest absolute Gasteiger partial charge is 0.482 e. The topological polar surface area (TPSA) is 52.6 Å². The maximum atomic E-state index is 11.8. The van der Waals surface area contributed by atoms with Crippen LogP contribution in [0.4, 0.5) is 0 Å². The van der Waals surface area contributed by atoms with Gasteiger partial charge >= 0.3 is 5.97 Å². The molecule has 114 valence electrons. The quantitative estimate of drug-likeness (QED) is 0.516. The first kappa shape index (κ1) is 16.7. The van der Waals surface area contributed by atoms with Crippen LogP contribution in [0.3, 0.4) is 0 Å². The second-order valence-electron chi connectivity index (χ2n) is 4.34. The normalized spacial score (nSPS) is 10.1. The Morgan fingerprint density at radius 3 is 2.32 bits per heavy atom. The average Bonchev–Trinajstić information content (AvgIpc) is 2.51. The van der Waals surface area contributed by atoms with Crippen molar-refractivity contribution < 1.29 is 19.1 Å². The molecule has 0 radical (unpaired) electrons. The fraction of sp³-hybridized carbons (Fsp3) is 0.125. The molecule has 6 heteroatoms. The summed E-state index contributed by atoms with van der Waals surface area (Å²) in [6, 6.07) is 13.9. The number of ketones is 1. The van der Waals surface area contributed by atoms with Crippen molar-refractivity contribution in [2.24, 2.45) is 0 Å². The van der Waals surface area contributed by atoms with Crippen molar-refractivity contribution in [3.63, 3.8) is 0 Å². The highest BCUT2D eigenvalue weighted by Crippen LogP contribution is 2.17. The van der Waals surface area contributed by atoms with Crippen molar-refractivity contribution in [3.05, 3.63) is 63.0 Å². The van der Waals surface area contributed by atoms with Crippen LogP contribution in [-0.4, -0.2) is 25.0 Å². The minimum absolute atomic E-state index is 0.246. The maximum absolute atomic E-state index is 11.8. The molecule has 0 aromatic heterocycles. The fourth-order valence-corrected chi connectivity index (χ4v) is 2.25. The van der Waals surface area contributed by atoms with E-state index in [4.69, 9.17) is 9.47 Å². The highest BCUT2D eigenvalue weighted by atomic mass is 79.9. The van der Waals surface area contributed by atoms with Crippen LogP contribution < -0.4 is 4.74 Å². The van der Waals surface area contributed by atoms with Gasteiger partial charge in [0, 0.05) is 14.5 Å². The number of hydrogen-bond acceptors (Lipinski definition) is 4. The Kier molecular flexibility index (Phi) is 6.15. The molecule has 0 spiro atoms. The van der Waals surface area contributed by atoms with Crippen molar-refractivity contribution in [1.29, 1.82) is 0 Å². The third-order valence-electron chi connectivity index (χ3n) is 2.68. The van der Waals surface area contributed by atoms with Crippen LogP contribution in [0.1, 0.15) is 10.4 Å². The van der Waals surface area contributed by atoms with Gasteiger partial charge in [0.25, 0.3) is 0 Å². The van der Waals surface area contributed by atoms with Crippen LogP contribution in [0.25, 0.3) is 0 Å². The number of halogens is 2. The summed E-state index contributed by atoms with van der Waals surface area (Å²) >= 11 is 6.59. The highest BCUT2D eigenvalue weighted by molar-refractivity contribution is 9.10. The Morgan fingerprint density at radius 1 is 0.909 bits per heavy atom. The van der Waals surface area contributed by atoms with E-state index >= 15 is 0 Å². The van der Waals surface area contributed by atoms with Gasteiger partial charge in [0.2, 0.25) is 0 Å². The van der Waals surface area contributed by atoms with Gasteiger partial charge in [0.1, 0.15) is 5.75 Å². The van der Waals surface area contributed by atoms with Gasteiger partial charge in [-0.05, 0) is 30.3 Å². The lowest BCUT2D eigenvalue weighted by molar-refractivity contribution is -0.144. The van der Waals surface area contributed by atoms with Crippen LogP contribution in [0.15, 0.2) is 57.5 Å². The lowest BCUT2D eigenvalue weighted by atomic mass is 10.1. The van der Waals surface area contributed by atoms with Gasteiger partial charge in [-0.2, -0.15) is 0 Å². The Hall–Kier alpha value is -1.66. The number of benzene rings is 2. The summed E-state index contributed by atoms with van der Waals surface area (Å²) in [5.41, 5.74) is 0.490. The Morgan fingerprint density at radius 2 is 1.64 bits per heavy atom. The molecule has 0 bridgehead atoms. The van der Waals surface area contributed by atoms with Crippen LogP contribution in [0.2, 0.25) is 0 Å². The van der Waals surface area contributed by atoms with Crippen LogP contribution in [0.5, 0.6) is 5.75 Å². The Bertz CT molecular complexity index is 668. The van der Waals surface area contributed by atoms with Gasteiger partial charge in [-0.3, -0.25) is 4.79 Å². The number of hydrogen-bond donors (Lipinski definition) is 0. The molecule has 0 atom stereocenters. The summed E-state index contributed by atoms with van der Waals surface area (Å²) in [5.74, 6) is -0.306. The number of esters is 1. The monoisotopic (exact) mass is 426 g/mol. The van der Waals surface area contributed by atoms with Crippen LogP contribution in [-0.2, 0) is 9.53 Å². The third-order valence-corrected chi connectivity index (χ3v) is 3.71. The number of rotatable bonds is 6. The van der Waals surface area contributed by atoms with Crippen LogP contribution >= 0.6 is 31.9 Å². The third kappa shape index (κ3) is 5.27. The molecular formula is C16H12Br2O4. The second kappa shape index (κ2) is 8.10. The molecule has 22 heavy (non-hydrogen) atoms. The Balaban J connectivity index is 1.78. The lowest BCUT2D eigenvalue weighted by Gasteiger charge is -2.07. The average molecular weight is 428 g/mol. The first-order valence-corrected chi connectivity index (χ1v) is 7.96. The molecule has 0 N–H and O–H groups in total. The molecule has 2 aromatic rings. The van der Waals surface area contributed by atoms with Crippen molar-refractivity contribution in [2.45, 2.75) is 0 Å². The number of carbonyl (C=O) groups is 2. The highest BCUT2D eigenvalue weighted by Gasteiger charge is 2.10. The smallest absolute Gasteiger partial charge is 0.344 e. The van der Waals surface area contributed by atoms with Gasteiger partial charge in [0.15, 0.2) is 19.0 Å². The SMILES string of the molecule is O=C(COc1cccc(Br)c1)OCC(=O)c1ccc(Br)cc1. The standard InChI is InChI=1S/C16H12Br2O4/c17-12-6-4-11(5-7-12)15(19)9-22-16(20)10-21-14-3-1-2-13(18)8-14/h1-8H,9-10H2. The zero-order chi connectivity index (χ0) is 15.9. The predicted molar refractivity (Wildman–Crippen MR) is 89.1 cm³/mol. The molecule has 0 saturated carbocycles. The summed E-state index contributed by atoms with van der Waals surface area (Å²) in [7, 11) is 0. The first-order valence-electron chi connectivity index (χ1n) is 6.37. The minimum Gasteiger partial charge on any atom is -0.482 e. The van der Waals surface area contributed by atoms with E-state index in [9.17, 15) is 9.59 Å². The number of Topliss-reactive ketones (excluding diaryl/α,β-unsaturated/α-hetero) is 1. The van der Waals surface area contributed by atoms with E-state index in [0.29, 0.717) is 11.3 Å². The van der Waals surface area contributed by atoms with Crippen molar-refractivity contribution >= 4 is 43.6 Å². The maximum Gasteiger partial charge on any atom is 0.344 e. The van der Waals surface area contributed by atoms with Gasteiger partial charge in [0.05, 0.1) is 0 Å². The van der Waals surface area contributed by atoms with Gasteiger partial charge < -0.3 is 9.47 Å². The minimum atomic E-state index is -0.592. The first-order chi connectivity index (χ1) is 10.5. The summed E-state index contributed by atoms with van der Waals surface area (Å²) < 4.78 is 11.9. The molecule has 0 heterocycles. The molecule has 0 fully saturated rings. The molecule has 0 unspecified atom stereocenters. The van der Waals surface area contributed by atoms with Gasteiger partial charge in [-0.15, -0.1) is 0 Å². The molecular weight excluding hydrogens is 416 g/mol. The molecule has 2 aromatic carbocycles. The van der Waals surface area contributed by atoms with Crippen molar-refractivity contribution in [1.82, 2.24) is 0 Å². The van der Waals surface area contributed by atoms with E-state index in [1.165, 1.54) is 0 Å². The molecule has 2 rings (SSSR count). The zero-order valence-electron chi connectivity index (χ0n) is 11.4. The molecule has 0 aliphatic rings. The molecule has 0 aliphatic heterocycles. The van der Waals surface area contributed by atoms with Gasteiger partial charge in [-0.25, -0.2) is 4.79 Å². The summed E-state index contributed by atoms with van der Waals surface area (Å²) in [4.78, 5) is 23.4. The zero-order valence-corrected chi connectivity index (χ0v) is 14.6. The van der Waals surface area contributed by atoms with E-state index in [1.807, 2.05) is 6.07 Å². The summed E-state index contributed by atoms with van der Waals surface area (Å²) in [6.07, 6.45) is 0. The molecule has 4 nitrogen and oxygen atoms in total. The van der Waals surface area contributed by atoms with E-state index in [0.717, 1.165) is 8.95 Å². The van der Waals surface area contributed by atoms with E-state index in [1.54, 1.807) is 42.5 Å². The second-order valence-corrected chi connectivity index (χ2v) is 6.17. The molecule has 0 amide bonds. The Labute approximate surface area is 144 Å². The van der Waals surface area contributed by atoms with Crippen molar-refractivity contribution in [2.75, 3.05) is 13.2 Å². The van der Waals surface area contributed by atoms with Crippen LogP contribution in [0, 0.1) is 0 Å². The van der Waals surface area contributed by atoms with Gasteiger partial charge in [-0.1, -0.05) is 50.1 Å². The number of carbonyl (C=O) groups excluding carboxylic acids is 2. The number of ether oxygens (including phenoxy) is 2. The summed E-state index contributed by atoms with van der Waals surface area (Å²) in [5, 5.41) is 0. The predicted octanol–water partition coefficient (Wildman–Crippen LogP) is 4.02. The van der Waals surface area contributed by atoms with E-state index in [2.05, 4.69) is 31.9 Å². The van der Waals surface area contributed by atoms with E-state index < -0.39 is 5.97 Å². The fourth-order valence-electron chi connectivity index (χ4n) is 1.61. The van der Waals surface area contributed by atoms with Crippen molar-refractivity contribution in [3.8, 4) is 5.75 Å². The molecule has 0 saturated heterocycles. The summed E-state index contributed by atoms with van der Waals surface area (Å²) in [6.45, 7) is -0.549.